The van der Waals surface area contributed by atoms with Crippen LogP contribution in [0, 0.1) is 12.3 Å². The first-order valence-corrected chi connectivity index (χ1v) is 7.58. The van der Waals surface area contributed by atoms with Gasteiger partial charge in [0.1, 0.15) is 0 Å². The number of aliphatic hydroxyl groups excluding tert-OH is 1. The molecular weight excluding hydrogens is 284 g/mol. The lowest BCUT2D eigenvalue weighted by molar-refractivity contribution is 0.0103. The molecule has 1 heterocycles. The van der Waals surface area contributed by atoms with Gasteiger partial charge in [-0.15, -0.1) is 11.3 Å². The first kappa shape index (κ1) is 12.6. The van der Waals surface area contributed by atoms with Crippen molar-refractivity contribution in [2.24, 2.45) is 5.41 Å². The Morgan fingerprint density at radius 2 is 2.00 bits per heavy atom. The van der Waals surface area contributed by atoms with E-state index in [4.69, 9.17) is 0 Å². The Labute approximate surface area is 110 Å². The summed E-state index contributed by atoms with van der Waals surface area (Å²) in [6, 6.07) is 2.11. The molecule has 1 aliphatic rings. The summed E-state index contributed by atoms with van der Waals surface area (Å²) in [7, 11) is 0. The van der Waals surface area contributed by atoms with Gasteiger partial charge in [-0.1, -0.05) is 26.2 Å². The molecule has 1 aromatic rings. The molecule has 1 N–H and O–H groups in total. The summed E-state index contributed by atoms with van der Waals surface area (Å²) in [6.07, 6.45) is 5.84. The minimum absolute atomic E-state index is 0.0814. The van der Waals surface area contributed by atoms with E-state index in [2.05, 4.69) is 35.8 Å². The lowest BCUT2D eigenvalue weighted by Gasteiger charge is -2.37. The van der Waals surface area contributed by atoms with Gasteiger partial charge >= 0.3 is 0 Å². The maximum atomic E-state index is 10.6. The lowest BCUT2D eigenvalue weighted by atomic mass is 9.71. The highest BCUT2D eigenvalue weighted by Gasteiger charge is 2.36. The number of hydrogen-bond acceptors (Lipinski definition) is 2. The topological polar surface area (TPSA) is 20.2 Å². The number of halogens is 1. The van der Waals surface area contributed by atoms with Crippen LogP contribution in [-0.4, -0.2) is 5.11 Å². The first-order valence-electron chi connectivity index (χ1n) is 5.97. The molecule has 1 nitrogen and oxygen atoms in total. The monoisotopic (exact) mass is 302 g/mol. The molecule has 0 aromatic carbocycles. The molecule has 3 heteroatoms. The van der Waals surface area contributed by atoms with E-state index in [0.29, 0.717) is 0 Å². The van der Waals surface area contributed by atoms with E-state index in [1.165, 1.54) is 24.1 Å². The average Bonchev–Trinajstić information content (AvgIpc) is 2.58. The van der Waals surface area contributed by atoms with Gasteiger partial charge in [0.15, 0.2) is 0 Å². The van der Waals surface area contributed by atoms with Crippen LogP contribution in [0.4, 0.5) is 0 Å². The van der Waals surface area contributed by atoms with Crippen LogP contribution in [0.15, 0.2) is 10.5 Å². The summed E-state index contributed by atoms with van der Waals surface area (Å²) in [6.45, 7) is 4.33. The predicted molar refractivity (Wildman–Crippen MR) is 72.9 cm³/mol. The summed E-state index contributed by atoms with van der Waals surface area (Å²) in [4.78, 5) is 2.38. The van der Waals surface area contributed by atoms with Gasteiger partial charge in [0, 0.05) is 14.2 Å². The molecular formula is C13H19BrOS. The normalized spacial score (nSPS) is 22.0. The van der Waals surface area contributed by atoms with Crippen molar-refractivity contribution >= 4 is 27.3 Å². The molecule has 1 saturated carbocycles. The standard InChI is InChI=1S/C13H19BrOS/c1-9-8-10(14)11(16-9)12(15)13(2)6-4-3-5-7-13/h8,12,15H,3-7H2,1-2H3. The van der Waals surface area contributed by atoms with Crippen LogP contribution in [0.3, 0.4) is 0 Å². The summed E-state index contributed by atoms with van der Waals surface area (Å²) in [5.41, 5.74) is 0.0814. The molecule has 0 aliphatic heterocycles. The fraction of sp³-hybridized carbons (Fsp3) is 0.692. The summed E-state index contributed by atoms with van der Waals surface area (Å²) < 4.78 is 1.08. The Morgan fingerprint density at radius 3 is 2.50 bits per heavy atom. The van der Waals surface area contributed by atoms with Crippen LogP contribution in [0.2, 0.25) is 0 Å². The number of aliphatic hydroxyl groups is 1. The maximum Gasteiger partial charge on any atom is 0.0946 e. The zero-order valence-corrected chi connectivity index (χ0v) is 12.3. The number of hydrogen-bond donors (Lipinski definition) is 1. The molecule has 90 valence electrons. The third-order valence-electron chi connectivity index (χ3n) is 3.74. The Bertz CT molecular complexity index is 366. The second-order valence-corrected chi connectivity index (χ2v) is 7.33. The zero-order chi connectivity index (χ0) is 11.8. The summed E-state index contributed by atoms with van der Waals surface area (Å²) >= 11 is 5.28. The highest BCUT2D eigenvalue weighted by atomic mass is 79.9. The van der Waals surface area contributed by atoms with Gasteiger partial charge in [0.25, 0.3) is 0 Å². The fourth-order valence-corrected chi connectivity index (χ4v) is 4.67. The van der Waals surface area contributed by atoms with Crippen molar-refractivity contribution in [3.05, 3.63) is 20.3 Å². The summed E-state index contributed by atoms with van der Waals surface area (Å²) in [5.74, 6) is 0. The molecule has 1 aliphatic carbocycles. The van der Waals surface area contributed by atoms with Crippen LogP contribution in [0.1, 0.15) is 54.9 Å². The minimum atomic E-state index is -0.305. The minimum Gasteiger partial charge on any atom is -0.387 e. The van der Waals surface area contributed by atoms with Crippen molar-refractivity contribution in [2.75, 3.05) is 0 Å². The van der Waals surface area contributed by atoms with Gasteiger partial charge in [-0.2, -0.15) is 0 Å². The average molecular weight is 303 g/mol. The van der Waals surface area contributed by atoms with Gasteiger partial charge in [-0.3, -0.25) is 0 Å². The predicted octanol–water partition coefficient (Wildman–Crippen LogP) is 4.82. The van der Waals surface area contributed by atoms with Crippen LogP contribution < -0.4 is 0 Å². The van der Waals surface area contributed by atoms with Crippen LogP contribution in [-0.2, 0) is 0 Å². The maximum absolute atomic E-state index is 10.6. The van der Waals surface area contributed by atoms with Gasteiger partial charge in [0.05, 0.1) is 6.10 Å². The molecule has 1 atom stereocenters. The third-order valence-corrected chi connectivity index (χ3v) is 5.76. The van der Waals surface area contributed by atoms with E-state index < -0.39 is 0 Å². The van der Waals surface area contributed by atoms with Crippen molar-refractivity contribution in [3.8, 4) is 0 Å². The molecule has 0 spiro atoms. The second kappa shape index (κ2) is 4.79. The first-order chi connectivity index (χ1) is 7.53. The zero-order valence-electron chi connectivity index (χ0n) is 9.92. The van der Waals surface area contributed by atoms with Crippen LogP contribution in [0.5, 0.6) is 0 Å². The number of rotatable bonds is 2. The van der Waals surface area contributed by atoms with Gasteiger partial charge in [-0.05, 0) is 47.2 Å². The highest BCUT2D eigenvalue weighted by Crippen LogP contribution is 2.48. The van der Waals surface area contributed by atoms with Gasteiger partial charge < -0.3 is 5.11 Å². The van der Waals surface area contributed by atoms with Crippen LogP contribution >= 0.6 is 27.3 Å². The lowest BCUT2D eigenvalue weighted by Crippen LogP contribution is -2.27. The molecule has 0 amide bonds. The molecule has 1 aromatic heterocycles. The molecule has 1 fully saturated rings. The van der Waals surface area contributed by atoms with Crippen molar-refractivity contribution in [1.82, 2.24) is 0 Å². The van der Waals surface area contributed by atoms with E-state index in [-0.39, 0.29) is 11.5 Å². The quantitative estimate of drug-likeness (QED) is 0.830. The highest BCUT2D eigenvalue weighted by molar-refractivity contribution is 9.10. The number of thiophene rings is 1. The van der Waals surface area contributed by atoms with E-state index >= 15 is 0 Å². The molecule has 2 rings (SSSR count). The molecule has 0 radical (unpaired) electrons. The SMILES string of the molecule is Cc1cc(Br)c(C(O)C2(C)CCCCC2)s1. The van der Waals surface area contributed by atoms with Crippen molar-refractivity contribution in [2.45, 2.75) is 52.1 Å². The van der Waals surface area contributed by atoms with Crippen molar-refractivity contribution in [1.29, 1.82) is 0 Å². The molecule has 0 bridgehead atoms. The second-order valence-electron chi connectivity index (χ2n) is 5.19. The smallest absolute Gasteiger partial charge is 0.0946 e. The molecule has 16 heavy (non-hydrogen) atoms. The van der Waals surface area contributed by atoms with E-state index in [9.17, 15) is 5.11 Å². The molecule has 0 saturated heterocycles. The Kier molecular flexibility index (Phi) is 3.77. The van der Waals surface area contributed by atoms with E-state index in [1.807, 2.05) is 0 Å². The van der Waals surface area contributed by atoms with Crippen molar-refractivity contribution in [3.63, 3.8) is 0 Å². The van der Waals surface area contributed by atoms with Gasteiger partial charge in [0.2, 0.25) is 0 Å². The van der Waals surface area contributed by atoms with Gasteiger partial charge in [-0.25, -0.2) is 0 Å². The Hall–Kier alpha value is 0.140. The third kappa shape index (κ3) is 2.36. The van der Waals surface area contributed by atoms with Crippen LogP contribution in [0.25, 0.3) is 0 Å². The summed E-state index contributed by atoms with van der Waals surface area (Å²) in [5, 5.41) is 10.6. The number of aryl methyl sites for hydroxylation is 1. The van der Waals surface area contributed by atoms with E-state index in [1.54, 1.807) is 11.3 Å². The van der Waals surface area contributed by atoms with E-state index in [0.717, 1.165) is 22.2 Å². The van der Waals surface area contributed by atoms with Crippen molar-refractivity contribution < 1.29 is 5.11 Å². The Balaban J connectivity index is 2.23. The molecule has 1 unspecified atom stereocenters. The fourth-order valence-electron chi connectivity index (χ4n) is 2.64. The Morgan fingerprint density at radius 1 is 1.38 bits per heavy atom. The largest absolute Gasteiger partial charge is 0.387 e.